The van der Waals surface area contributed by atoms with Crippen molar-refractivity contribution in [3.8, 4) is 11.3 Å². The van der Waals surface area contributed by atoms with Gasteiger partial charge in [-0.2, -0.15) is 0 Å². The van der Waals surface area contributed by atoms with Crippen LogP contribution in [0.4, 0.5) is 13.2 Å². The summed E-state index contributed by atoms with van der Waals surface area (Å²) in [7, 11) is 0. The fourth-order valence-corrected chi connectivity index (χ4v) is 1.74. The van der Waals surface area contributed by atoms with E-state index in [1.807, 2.05) is 0 Å². The first-order valence-electron chi connectivity index (χ1n) is 5.47. The molecule has 0 spiro atoms. The van der Waals surface area contributed by atoms with E-state index in [0.29, 0.717) is 5.69 Å². The van der Waals surface area contributed by atoms with Gasteiger partial charge in [0.1, 0.15) is 5.69 Å². The average Bonchev–Trinajstić information content (AvgIpc) is 2.80. The van der Waals surface area contributed by atoms with Crippen molar-refractivity contribution in [1.29, 1.82) is 0 Å². The second-order valence-electron chi connectivity index (χ2n) is 3.78. The van der Waals surface area contributed by atoms with Gasteiger partial charge in [0.2, 0.25) is 0 Å². The molecule has 0 aliphatic heterocycles. The Hall–Kier alpha value is -2.15. The van der Waals surface area contributed by atoms with Gasteiger partial charge in [-0.15, -0.1) is 11.7 Å². The Morgan fingerprint density at radius 2 is 2.00 bits per heavy atom. The molecular weight excluding hydrogens is 257 g/mol. The van der Waals surface area contributed by atoms with Gasteiger partial charge in [-0.25, -0.2) is 17.9 Å². The van der Waals surface area contributed by atoms with Crippen molar-refractivity contribution in [2.24, 2.45) is 5.73 Å². The molecule has 0 radical (unpaired) electrons. The van der Waals surface area contributed by atoms with E-state index >= 15 is 0 Å². The van der Waals surface area contributed by atoms with E-state index < -0.39 is 17.5 Å². The van der Waals surface area contributed by atoms with Crippen molar-refractivity contribution in [3.63, 3.8) is 0 Å². The number of allylic oxidation sites excluding steroid dienone is 1. The minimum atomic E-state index is -1.54. The Bertz CT molecular complexity index is 622. The molecule has 7 heteroatoms. The third-order valence-corrected chi connectivity index (χ3v) is 2.59. The van der Waals surface area contributed by atoms with Gasteiger partial charge < -0.3 is 5.73 Å². The van der Waals surface area contributed by atoms with Crippen LogP contribution in [0, 0.1) is 17.5 Å². The highest BCUT2D eigenvalue weighted by atomic mass is 19.2. The number of hydrogen-bond acceptors (Lipinski definition) is 3. The zero-order chi connectivity index (χ0) is 14.0. The summed E-state index contributed by atoms with van der Waals surface area (Å²) >= 11 is 0. The van der Waals surface area contributed by atoms with Crippen LogP contribution < -0.4 is 5.73 Å². The van der Waals surface area contributed by atoms with Crippen molar-refractivity contribution < 1.29 is 13.2 Å². The number of aromatic nitrogens is 3. The number of nitrogens with two attached hydrogens (primary N) is 1. The lowest BCUT2D eigenvalue weighted by Gasteiger charge is -2.08. The fraction of sp³-hybridized carbons (Fsp3) is 0.167. The molecule has 0 aliphatic rings. The third-order valence-electron chi connectivity index (χ3n) is 2.59. The largest absolute Gasteiger partial charge is 0.325 e. The molecule has 19 heavy (non-hydrogen) atoms. The van der Waals surface area contributed by atoms with Crippen LogP contribution in [0.5, 0.6) is 0 Å². The normalized spacial score (nSPS) is 10.7. The molecule has 2 rings (SSSR count). The van der Waals surface area contributed by atoms with Crippen LogP contribution in [-0.4, -0.2) is 15.0 Å². The van der Waals surface area contributed by atoms with Crippen molar-refractivity contribution in [2.75, 3.05) is 0 Å². The molecule has 0 fully saturated rings. The minimum absolute atomic E-state index is 0.00487. The molecule has 0 unspecified atom stereocenters. The highest BCUT2D eigenvalue weighted by Gasteiger charge is 2.21. The maximum atomic E-state index is 13.8. The van der Waals surface area contributed by atoms with E-state index in [1.165, 1.54) is 10.8 Å². The van der Waals surface area contributed by atoms with Gasteiger partial charge in [0, 0.05) is 12.1 Å². The molecular formula is C12H11F3N4. The molecule has 1 aromatic heterocycles. The van der Waals surface area contributed by atoms with Gasteiger partial charge in [-0.1, -0.05) is 11.3 Å². The molecule has 100 valence electrons. The summed E-state index contributed by atoms with van der Waals surface area (Å²) in [5, 5.41) is 7.56. The zero-order valence-corrected chi connectivity index (χ0v) is 9.91. The monoisotopic (exact) mass is 268 g/mol. The van der Waals surface area contributed by atoms with Crippen LogP contribution in [0.2, 0.25) is 0 Å². The first-order valence-corrected chi connectivity index (χ1v) is 5.47. The van der Waals surface area contributed by atoms with Crippen molar-refractivity contribution in [2.45, 2.75) is 13.1 Å². The van der Waals surface area contributed by atoms with E-state index in [9.17, 15) is 13.2 Å². The smallest absolute Gasteiger partial charge is 0.195 e. The van der Waals surface area contributed by atoms with E-state index in [-0.39, 0.29) is 24.3 Å². The molecule has 1 aromatic carbocycles. The predicted molar refractivity (Wildman–Crippen MR) is 63.4 cm³/mol. The van der Waals surface area contributed by atoms with E-state index in [2.05, 4.69) is 16.9 Å². The maximum absolute atomic E-state index is 13.8. The van der Waals surface area contributed by atoms with Gasteiger partial charge in [0.25, 0.3) is 0 Å². The third kappa shape index (κ3) is 2.24. The van der Waals surface area contributed by atoms with Crippen molar-refractivity contribution >= 4 is 0 Å². The second-order valence-corrected chi connectivity index (χ2v) is 3.78. The number of benzene rings is 1. The lowest BCUT2D eigenvalue weighted by Crippen LogP contribution is -2.06. The molecule has 0 bridgehead atoms. The molecule has 4 nitrogen and oxygen atoms in total. The lowest BCUT2D eigenvalue weighted by atomic mass is 10.1. The summed E-state index contributed by atoms with van der Waals surface area (Å²) in [5.74, 6) is -4.08. The Morgan fingerprint density at radius 3 is 2.63 bits per heavy atom. The average molecular weight is 268 g/mol. The summed E-state index contributed by atoms with van der Waals surface area (Å²) in [6, 6.07) is 1.98. The number of nitrogens with zero attached hydrogens (tertiary/aromatic N) is 3. The molecule has 0 aliphatic carbocycles. The highest BCUT2D eigenvalue weighted by molar-refractivity contribution is 5.63. The van der Waals surface area contributed by atoms with Crippen LogP contribution in [0.3, 0.4) is 0 Å². The SMILES string of the molecule is C=CCn1nnc(CN)c1-c1ccc(F)c(F)c1F. The van der Waals surface area contributed by atoms with Gasteiger partial charge in [0.05, 0.1) is 12.2 Å². The van der Waals surface area contributed by atoms with Gasteiger partial charge in [0.15, 0.2) is 17.5 Å². The van der Waals surface area contributed by atoms with Crippen LogP contribution in [-0.2, 0) is 13.1 Å². The standard InChI is InChI=1S/C12H11F3N4/c1-2-5-19-12(9(6-16)17-18-19)7-3-4-8(13)11(15)10(7)14/h2-4H,1,5-6,16H2. The summed E-state index contributed by atoms with van der Waals surface area (Å²) < 4.78 is 41.4. The number of halogens is 3. The molecule has 0 atom stereocenters. The maximum Gasteiger partial charge on any atom is 0.195 e. The summed E-state index contributed by atoms with van der Waals surface area (Å²) in [5.41, 5.74) is 5.87. The van der Waals surface area contributed by atoms with Crippen LogP contribution in [0.1, 0.15) is 5.69 Å². The molecule has 1 heterocycles. The van der Waals surface area contributed by atoms with Crippen LogP contribution in [0.15, 0.2) is 24.8 Å². The topological polar surface area (TPSA) is 56.7 Å². The second kappa shape index (κ2) is 5.23. The first kappa shape index (κ1) is 13.3. The fourth-order valence-electron chi connectivity index (χ4n) is 1.74. The quantitative estimate of drug-likeness (QED) is 0.681. The Morgan fingerprint density at radius 1 is 1.26 bits per heavy atom. The van der Waals surface area contributed by atoms with E-state index in [0.717, 1.165) is 12.1 Å². The van der Waals surface area contributed by atoms with Crippen LogP contribution in [0.25, 0.3) is 11.3 Å². The first-order chi connectivity index (χ1) is 9.10. The lowest BCUT2D eigenvalue weighted by molar-refractivity contribution is 0.448. The predicted octanol–water partition coefficient (Wildman–Crippen LogP) is 2.01. The van der Waals surface area contributed by atoms with Crippen molar-refractivity contribution in [3.05, 3.63) is 47.9 Å². The molecule has 0 saturated heterocycles. The molecule has 2 N–H and O–H groups in total. The summed E-state index contributed by atoms with van der Waals surface area (Å²) in [4.78, 5) is 0. The number of rotatable bonds is 4. The minimum Gasteiger partial charge on any atom is -0.325 e. The van der Waals surface area contributed by atoms with E-state index in [1.54, 1.807) is 0 Å². The number of hydrogen-bond donors (Lipinski definition) is 1. The zero-order valence-electron chi connectivity index (χ0n) is 9.91. The van der Waals surface area contributed by atoms with Crippen molar-refractivity contribution in [1.82, 2.24) is 15.0 Å². The molecule has 0 amide bonds. The van der Waals surface area contributed by atoms with Gasteiger partial charge in [-0.3, -0.25) is 0 Å². The molecule has 0 saturated carbocycles. The van der Waals surface area contributed by atoms with Crippen LogP contribution >= 0.6 is 0 Å². The Kier molecular flexibility index (Phi) is 3.66. The highest BCUT2D eigenvalue weighted by Crippen LogP contribution is 2.27. The summed E-state index contributed by atoms with van der Waals surface area (Å²) in [6.07, 6.45) is 1.52. The van der Waals surface area contributed by atoms with Gasteiger partial charge in [-0.05, 0) is 12.1 Å². The Labute approximate surface area is 107 Å². The van der Waals surface area contributed by atoms with E-state index in [4.69, 9.17) is 5.73 Å². The molecule has 2 aromatic rings. The summed E-state index contributed by atoms with van der Waals surface area (Å²) in [6.45, 7) is 3.79. The Balaban J connectivity index is 2.67. The van der Waals surface area contributed by atoms with Gasteiger partial charge >= 0.3 is 0 Å².